The molecule has 2 rings (SSSR count). The van der Waals surface area contributed by atoms with Crippen LogP contribution in [0.5, 0.6) is 0 Å². The summed E-state index contributed by atoms with van der Waals surface area (Å²) in [7, 11) is 0. The minimum absolute atomic E-state index is 0.00608. The summed E-state index contributed by atoms with van der Waals surface area (Å²) in [5, 5.41) is 10.1. The monoisotopic (exact) mass is 314 g/mol. The van der Waals surface area contributed by atoms with Crippen LogP contribution in [0.2, 0.25) is 0 Å². The number of carbonyl (C=O) groups is 1. The minimum Gasteiger partial charge on any atom is -0.459 e. The molecule has 1 aromatic rings. The Bertz CT molecular complexity index is 583. The molecule has 0 fully saturated rings. The molecule has 3 unspecified atom stereocenters. The number of aryl methyl sites for hydroxylation is 1. The summed E-state index contributed by atoms with van der Waals surface area (Å²) < 4.78 is 5.51. The maximum atomic E-state index is 12.2. The van der Waals surface area contributed by atoms with Crippen molar-refractivity contribution in [1.29, 1.82) is 0 Å². The zero-order chi connectivity index (χ0) is 16.8. The van der Waals surface area contributed by atoms with Crippen LogP contribution in [0.1, 0.15) is 49.5 Å². The predicted octanol–water partition coefficient (Wildman–Crippen LogP) is 4.07. The summed E-state index contributed by atoms with van der Waals surface area (Å²) in [5.41, 5.74) is 2.87. The molecule has 0 amide bonds. The van der Waals surface area contributed by atoms with Crippen molar-refractivity contribution >= 4 is 5.97 Å². The summed E-state index contributed by atoms with van der Waals surface area (Å²) in [6, 6.07) is 7.60. The third kappa shape index (κ3) is 5.07. The van der Waals surface area contributed by atoms with Crippen molar-refractivity contribution in [2.24, 2.45) is 5.92 Å². The van der Waals surface area contributed by atoms with Crippen molar-refractivity contribution in [3.63, 3.8) is 0 Å². The van der Waals surface area contributed by atoms with E-state index in [2.05, 4.69) is 6.92 Å². The first kappa shape index (κ1) is 17.5. The van der Waals surface area contributed by atoms with Gasteiger partial charge in [0, 0.05) is 5.92 Å². The molecule has 3 heteroatoms. The lowest BCUT2D eigenvalue weighted by Gasteiger charge is -2.24. The lowest BCUT2D eigenvalue weighted by molar-refractivity contribution is 0.0255. The molecule has 1 N–H and O–H groups in total. The topological polar surface area (TPSA) is 46.5 Å². The summed E-state index contributed by atoms with van der Waals surface area (Å²) in [6.07, 6.45) is 7.80. The van der Waals surface area contributed by atoms with E-state index in [1.165, 1.54) is 5.56 Å². The quantitative estimate of drug-likeness (QED) is 0.805. The van der Waals surface area contributed by atoms with E-state index in [-0.39, 0.29) is 18.0 Å². The molecule has 0 aromatic heterocycles. The molecule has 1 aliphatic rings. The Kier molecular flexibility index (Phi) is 6.17. The van der Waals surface area contributed by atoms with E-state index in [0.29, 0.717) is 12.0 Å². The highest BCUT2D eigenvalue weighted by atomic mass is 16.5. The normalized spacial score (nSPS) is 21.7. The van der Waals surface area contributed by atoms with Gasteiger partial charge < -0.3 is 9.84 Å². The Morgan fingerprint density at radius 3 is 2.61 bits per heavy atom. The maximum absolute atomic E-state index is 12.2. The molecule has 3 nitrogen and oxygen atoms in total. The van der Waals surface area contributed by atoms with Gasteiger partial charge >= 0.3 is 5.97 Å². The molecular formula is C20H26O3. The zero-order valence-electron chi connectivity index (χ0n) is 14.2. The summed E-state index contributed by atoms with van der Waals surface area (Å²) >= 11 is 0. The van der Waals surface area contributed by atoms with Gasteiger partial charge in [-0.15, -0.1) is 0 Å². The lowest BCUT2D eigenvalue weighted by Crippen LogP contribution is -2.25. The number of benzene rings is 1. The van der Waals surface area contributed by atoms with Gasteiger partial charge in [0.15, 0.2) is 0 Å². The molecular weight excluding hydrogens is 288 g/mol. The van der Waals surface area contributed by atoms with Crippen molar-refractivity contribution < 1.29 is 14.6 Å². The van der Waals surface area contributed by atoms with Gasteiger partial charge in [0.05, 0.1) is 11.7 Å². The first-order valence-electron chi connectivity index (χ1n) is 8.34. The highest BCUT2D eigenvalue weighted by Crippen LogP contribution is 2.23. The van der Waals surface area contributed by atoms with Crippen LogP contribution < -0.4 is 0 Å². The zero-order valence-corrected chi connectivity index (χ0v) is 14.2. The second kappa shape index (κ2) is 8.11. The third-order valence-electron chi connectivity index (χ3n) is 4.12. The molecule has 0 heterocycles. The minimum atomic E-state index is -0.505. The van der Waals surface area contributed by atoms with Crippen molar-refractivity contribution in [2.45, 2.75) is 52.2 Å². The third-order valence-corrected chi connectivity index (χ3v) is 4.12. The number of aliphatic hydroxyl groups is 1. The molecule has 1 aliphatic carbocycles. The van der Waals surface area contributed by atoms with Gasteiger partial charge in [-0.25, -0.2) is 4.79 Å². The average Bonchev–Trinajstić information content (AvgIpc) is 2.51. The fourth-order valence-corrected chi connectivity index (χ4v) is 2.83. The van der Waals surface area contributed by atoms with Crippen LogP contribution in [0.3, 0.4) is 0 Å². The Hall–Kier alpha value is -1.87. The van der Waals surface area contributed by atoms with Crippen LogP contribution in [0.4, 0.5) is 0 Å². The van der Waals surface area contributed by atoms with Crippen molar-refractivity contribution in [3.8, 4) is 0 Å². The van der Waals surface area contributed by atoms with E-state index in [1.54, 1.807) is 0 Å². The molecule has 0 bridgehead atoms. The average molecular weight is 314 g/mol. The molecule has 0 aliphatic heterocycles. The molecule has 1 aromatic carbocycles. The Balaban J connectivity index is 1.88. The number of ether oxygens (including phenoxy) is 1. The second-order valence-corrected chi connectivity index (χ2v) is 6.32. The van der Waals surface area contributed by atoms with Crippen LogP contribution >= 0.6 is 0 Å². The van der Waals surface area contributed by atoms with Gasteiger partial charge in [-0.2, -0.15) is 0 Å². The van der Waals surface area contributed by atoms with Crippen molar-refractivity contribution in [1.82, 2.24) is 0 Å². The molecule has 124 valence electrons. The molecule has 0 saturated carbocycles. The smallest absolute Gasteiger partial charge is 0.338 e. The molecule has 3 atom stereocenters. The van der Waals surface area contributed by atoms with Gasteiger partial charge in [-0.3, -0.25) is 0 Å². The Morgan fingerprint density at radius 1 is 1.30 bits per heavy atom. The van der Waals surface area contributed by atoms with Gasteiger partial charge in [-0.1, -0.05) is 49.3 Å². The maximum Gasteiger partial charge on any atom is 0.338 e. The second-order valence-electron chi connectivity index (χ2n) is 6.32. The summed E-state index contributed by atoms with van der Waals surface area (Å²) in [4.78, 5) is 12.2. The molecule has 23 heavy (non-hydrogen) atoms. The van der Waals surface area contributed by atoms with Crippen LogP contribution in [0.25, 0.3) is 0 Å². The van der Waals surface area contributed by atoms with Crippen molar-refractivity contribution in [3.05, 3.63) is 59.2 Å². The molecule has 0 radical (unpaired) electrons. The highest BCUT2D eigenvalue weighted by molar-refractivity contribution is 5.89. The number of carbonyl (C=O) groups excluding carboxylic acids is 1. The molecule has 0 spiro atoms. The van der Waals surface area contributed by atoms with Gasteiger partial charge in [0.2, 0.25) is 0 Å². The fraction of sp³-hybridized carbons (Fsp3) is 0.450. The first-order valence-corrected chi connectivity index (χ1v) is 8.34. The van der Waals surface area contributed by atoms with E-state index < -0.39 is 6.10 Å². The van der Waals surface area contributed by atoms with Crippen molar-refractivity contribution in [2.75, 3.05) is 0 Å². The van der Waals surface area contributed by atoms with E-state index >= 15 is 0 Å². The SMILES string of the molecule is CCCc1ccc(C(=O)OC(C)CC2C=CC(C)=CC2O)cc1. The van der Waals surface area contributed by atoms with E-state index in [4.69, 9.17) is 4.74 Å². The van der Waals surface area contributed by atoms with E-state index in [1.807, 2.05) is 56.3 Å². The largest absolute Gasteiger partial charge is 0.459 e. The van der Waals surface area contributed by atoms with Gasteiger partial charge in [0.25, 0.3) is 0 Å². The number of hydrogen-bond acceptors (Lipinski definition) is 3. The van der Waals surface area contributed by atoms with Crippen LogP contribution in [0, 0.1) is 5.92 Å². The number of allylic oxidation sites excluding steroid dienone is 2. The number of esters is 1. The van der Waals surface area contributed by atoms with Gasteiger partial charge in [0.1, 0.15) is 6.10 Å². The van der Waals surface area contributed by atoms with Crippen LogP contribution in [-0.2, 0) is 11.2 Å². The van der Waals surface area contributed by atoms with E-state index in [0.717, 1.165) is 18.4 Å². The molecule has 0 saturated heterocycles. The number of rotatable bonds is 6. The van der Waals surface area contributed by atoms with Gasteiger partial charge in [-0.05, 0) is 44.4 Å². The summed E-state index contributed by atoms with van der Waals surface area (Å²) in [5.74, 6) is -0.310. The first-order chi connectivity index (χ1) is 11.0. The van der Waals surface area contributed by atoms with E-state index in [9.17, 15) is 9.90 Å². The summed E-state index contributed by atoms with van der Waals surface area (Å²) in [6.45, 7) is 5.96. The standard InChI is InChI=1S/C20H26O3/c1-4-5-16-7-10-17(11-8-16)20(22)23-15(3)13-18-9-6-14(2)12-19(18)21/h6-12,15,18-19,21H,4-5,13H2,1-3H3. The lowest BCUT2D eigenvalue weighted by atomic mass is 9.90. The fourth-order valence-electron chi connectivity index (χ4n) is 2.83. The predicted molar refractivity (Wildman–Crippen MR) is 92.3 cm³/mol. The Morgan fingerprint density at radius 2 is 2.00 bits per heavy atom. The highest BCUT2D eigenvalue weighted by Gasteiger charge is 2.22. The number of aliphatic hydroxyl groups excluding tert-OH is 1. The number of hydrogen-bond donors (Lipinski definition) is 1. The van der Waals surface area contributed by atoms with Crippen LogP contribution in [0.15, 0.2) is 48.1 Å². The Labute approximate surface area is 138 Å². The van der Waals surface area contributed by atoms with Crippen LogP contribution in [-0.4, -0.2) is 23.3 Å².